The summed E-state index contributed by atoms with van der Waals surface area (Å²) in [5.41, 5.74) is 2.04. The Hall–Kier alpha value is -1.35. The summed E-state index contributed by atoms with van der Waals surface area (Å²) in [5, 5.41) is 0. The van der Waals surface area contributed by atoms with Gasteiger partial charge in [0.15, 0.2) is 0 Å². The minimum Gasteiger partial charge on any atom is -0.496 e. The van der Waals surface area contributed by atoms with E-state index in [2.05, 4.69) is 0 Å². The Morgan fingerprint density at radius 2 is 2.07 bits per heavy atom. The van der Waals surface area contributed by atoms with Gasteiger partial charge in [-0.05, 0) is 27.1 Å². The molecule has 0 heterocycles. The number of ether oxygens (including phenoxy) is 1. The summed E-state index contributed by atoms with van der Waals surface area (Å²) in [4.78, 5) is 12.9. The molecule has 1 aromatic carbocycles. The number of hydrogen-bond donors (Lipinski definition) is 0. The summed E-state index contributed by atoms with van der Waals surface area (Å²) in [5.74, 6) is 0.756. The van der Waals surface area contributed by atoms with Crippen molar-refractivity contribution in [1.82, 2.24) is 4.90 Å². The largest absolute Gasteiger partial charge is 0.496 e. The van der Waals surface area contributed by atoms with Gasteiger partial charge in [-0.1, -0.05) is 17.7 Å². The van der Waals surface area contributed by atoms with Crippen molar-refractivity contribution in [3.8, 4) is 5.75 Å². The van der Waals surface area contributed by atoms with Gasteiger partial charge in [0.25, 0.3) is 0 Å². The molecule has 1 atom stereocenters. The van der Waals surface area contributed by atoms with Gasteiger partial charge in [0.1, 0.15) is 12.0 Å². The maximum Gasteiger partial charge on any atom is 0.141 e. The number of nitrogens with zero attached hydrogens (tertiary/aromatic N) is 1. The Morgan fingerprint density at radius 3 is 2.53 bits per heavy atom. The van der Waals surface area contributed by atoms with E-state index in [4.69, 9.17) is 4.74 Å². The predicted octanol–water partition coefficient (Wildman–Crippen LogP) is 1.81. The number of rotatable bonds is 4. The van der Waals surface area contributed by atoms with Gasteiger partial charge in [0.05, 0.1) is 13.2 Å². The van der Waals surface area contributed by atoms with E-state index in [9.17, 15) is 4.79 Å². The molecular weight excluding hydrogens is 190 g/mol. The molecule has 1 aromatic rings. The normalized spacial score (nSPS) is 12.6. The van der Waals surface area contributed by atoms with Crippen molar-refractivity contribution in [3.63, 3.8) is 0 Å². The van der Waals surface area contributed by atoms with E-state index in [1.807, 2.05) is 44.1 Å². The topological polar surface area (TPSA) is 29.5 Å². The molecule has 3 heteroatoms. The molecule has 0 saturated carbocycles. The monoisotopic (exact) mass is 207 g/mol. The third kappa shape index (κ3) is 2.57. The number of methoxy groups -OCH3 is 1. The number of hydrogen-bond acceptors (Lipinski definition) is 3. The lowest BCUT2D eigenvalue weighted by atomic mass is 10.0. The van der Waals surface area contributed by atoms with Gasteiger partial charge >= 0.3 is 0 Å². The molecule has 0 aliphatic rings. The number of carbonyl (C=O) groups excluding carboxylic acids is 1. The average molecular weight is 207 g/mol. The van der Waals surface area contributed by atoms with Crippen LogP contribution in [0.25, 0.3) is 0 Å². The quantitative estimate of drug-likeness (QED) is 0.705. The van der Waals surface area contributed by atoms with E-state index >= 15 is 0 Å². The number of aryl methyl sites for hydroxylation is 1. The highest BCUT2D eigenvalue weighted by molar-refractivity contribution is 5.64. The third-order valence-corrected chi connectivity index (χ3v) is 2.39. The lowest BCUT2D eigenvalue weighted by molar-refractivity contribution is -0.111. The van der Waals surface area contributed by atoms with Crippen molar-refractivity contribution in [2.45, 2.75) is 13.0 Å². The lowest BCUT2D eigenvalue weighted by Crippen LogP contribution is -2.21. The van der Waals surface area contributed by atoms with Crippen LogP contribution in [-0.4, -0.2) is 32.4 Å². The van der Waals surface area contributed by atoms with E-state index in [1.54, 1.807) is 7.11 Å². The molecule has 3 nitrogen and oxygen atoms in total. The molecule has 0 amide bonds. The smallest absolute Gasteiger partial charge is 0.141 e. The first kappa shape index (κ1) is 11.7. The molecule has 0 N–H and O–H groups in total. The van der Waals surface area contributed by atoms with Crippen LogP contribution in [0.1, 0.15) is 17.2 Å². The summed E-state index contributed by atoms with van der Waals surface area (Å²) in [6, 6.07) is 5.60. The van der Waals surface area contributed by atoms with Crippen LogP contribution in [0, 0.1) is 6.92 Å². The van der Waals surface area contributed by atoms with Gasteiger partial charge in [-0.3, -0.25) is 4.90 Å². The molecule has 0 saturated heterocycles. The van der Waals surface area contributed by atoms with Crippen LogP contribution in [0.4, 0.5) is 0 Å². The van der Waals surface area contributed by atoms with Crippen molar-refractivity contribution >= 4 is 6.29 Å². The molecule has 0 bridgehead atoms. The summed E-state index contributed by atoms with van der Waals surface area (Å²) in [6.45, 7) is 2.00. The molecule has 1 rings (SSSR count). The maximum atomic E-state index is 11.0. The highest BCUT2D eigenvalue weighted by atomic mass is 16.5. The first-order valence-electron chi connectivity index (χ1n) is 4.86. The van der Waals surface area contributed by atoms with Gasteiger partial charge in [-0.25, -0.2) is 0 Å². The van der Waals surface area contributed by atoms with E-state index in [-0.39, 0.29) is 6.04 Å². The first-order valence-corrected chi connectivity index (χ1v) is 4.86. The fraction of sp³-hybridized carbons (Fsp3) is 0.417. The third-order valence-electron chi connectivity index (χ3n) is 2.39. The molecule has 82 valence electrons. The van der Waals surface area contributed by atoms with Crippen LogP contribution in [0.5, 0.6) is 5.75 Å². The standard InChI is InChI=1S/C12H17NO2/c1-9-5-6-12(15-4)10(7-9)11(8-14)13(2)3/h5-8,11H,1-4H3. The number of likely N-dealkylation sites (N-methyl/N-ethyl adjacent to an activating group) is 1. The predicted molar refractivity (Wildman–Crippen MR) is 60.2 cm³/mol. The van der Waals surface area contributed by atoms with Crippen molar-refractivity contribution in [3.05, 3.63) is 29.3 Å². The Bertz CT molecular complexity index is 347. The molecule has 0 aromatic heterocycles. The highest BCUT2D eigenvalue weighted by Crippen LogP contribution is 2.27. The second-order valence-electron chi connectivity index (χ2n) is 3.79. The Labute approximate surface area is 90.7 Å². The zero-order valence-corrected chi connectivity index (χ0v) is 9.65. The van der Waals surface area contributed by atoms with Crippen LogP contribution < -0.4 is 4.74 Å². The van der Waals surface area contributed by atoms with Crippen LogP contribution >= 0.6 is 0 Å². The minimum atomic E-state index is -0.250. The Morgan fingerprint density at radius 1 is 1.40 bits per heavy atom. The Balaban J connectivity index is 3.19. The molecule has 0 fully saturated rings. The van der Waals surface area contributed by atoms with Crippen LogP contribution in [0.3, 0.4) is 0 Å². The van der Waals surface area contributed by atoms with E-state index in [1.165, 1.54) is 0 Å². The van der Waals surface area contributed by atoms with E-state index in [0.29, 0.717) is 0 Å². The SMILES string of the molecule is COc1ccc(C)cc1C(C=O)N(C)C. The second kappa shape index (κ2) is 4.94. The van der Waals surface area contributed by atoms with Crippen molar-refractivity contribution < 1.29 is 9.53 Å². The van der Waals surface area contributed by atoms with Crippen molar-refractivity contribution in [1.29, 1.82) is 0 Å². The zero-order chi connectivity index (χ0) is 11.4. The van der Waals surface area contributed by atoms with Gasteiger partial charge in [0, 0.05) is 5.56 Å². The minimum absolute atomic E-state index is 0.250. The molecule has 0 aliphatic heterocycles. The average Bonchev–Trinajstić information content (AvgIpc) is 2.18. The summed E-state index contributed by atoms with van der Waals surface area (Å²) >= 11 is 0. The van der Waals surface area contributed by atoms with Crippen LogP contribution in [0.15, 0.2) is 18.2 Å². The van der Waals surface area contributed by atoms with Gasteiger partial charge in [0.2, 0.25) is 0 Å². The maximum absolute atomic E-state index is 11.0. The number of carbonyl (C=O) groups is 1. The number of benzene rings is 1. The fourth-order valence-corrected chi connectivity index (χ4v) is 1.56. The molecule has 0 spiro atoms. The first-order chi connectivity index (χ1) is 7.10. The highest BCUT2D eigenvalue weighted by Gasteiger charge is 2.17. The van der Waals surface area contributed by atoms with Crippen LogP contribution in [-0.2, 0) is 4.79 Å². The van der Waals surface area contributed by atoms with Crippen molar-refractivity contribution in [2.75, 3.05) is 21.2 Å². The summed E-state index contributed by atoms with van der Waals surface area (Å²) < 4.78 is 5.25. The zero-order valence-electron chi connectivity index (χ0n) is 9.65. The van der Waals surface area contributed by atoms with E-state index in [0.717, 1.165) is 23.2 Å². The molecule has 15 heavy (non-hydrogen) atoms. The molecule has 0 aliphatic carbocycles. The molecular formula is C12H17NO2. The lowest BCUT2D eigenvalue weighted by Gasteiger charge is -2.21. The summed E-state index contributed by atoms with van der Waals surface area (Å²) in [7, 11) is 5.37. The number of aldehydes is 1. The molecule has 1 unspecified atom stereocenters. The second-order valence-corrected chi connectivity index (χ2v) is 3.79. The van der Waals surface area contributed by atoms with Crippen LogP contribution in [0.2, 0.25) is 0 Å². The van der Waals surface area contributed by atoms with Gasteiger partial charge < -0.3 is 9.53 Å². The van der Waals surface area contributed by atoms with Gasteiger partial charge in [-0.2, -0.15) is 0 Å². The van der Waals surface area contributed by atoms with Gasteiger partial charge in [-0.15, -0.1) is 0 Å². The van der Waals surface area contributed by atoms with Crippen molar-refractivity contribution in [2.24, 2.45) is 0 Å². The molecule has 0 radical (unpaired) electrons. The fourth-order valence-electron chi connectivity index (χ4n) is 1.56. The van der Waals surface area contributed by atoms with E-state index < -0.39 is 0 Å². The summed E-state index contributed by atoms with van der Waals surface area (Å²) in [6.07, 6.45) is 0.928. The Kier molecular flexibility index (Phi) is 3.86.